The molecule has 1 aliphatic rings. The maximum atomic E-state index is 5.82. The number of halogens is 1. The summed E-state index contributed by atoms with van der Waals surface area (Å²) in [6.45, 7) is 11.4. The molecule has 178 valence electrons. The van der Waals surface area contributed by atoms with Crippen LogP contribution in [0.2, 0.25) is 0 Å². The predicted molar refractivity (Wildman–Crippen MR) is 136 cm³/mol. The molecular formula is C23H40IN3O4. The number of ether oxygens (including phenoxy) is 4. The third-order valence-electron chi connectivity index (χ3n) is 5.10. The van der Waals surface area contributed by atoms with Crippen LogP contribution < -0.4 is 20.1 Å². The Kier molecular flexibility index (Phi) is 14.7. The maximum absolute atomic E-state index is 5.82. The average molecular weight is 549 g/mol. The first-order valence-corrected chi connectivity index (χ1v) is 11.2. The van der Waals surface area contributed by atoms with Gasteiger partial charge in [0.2, 0.25) is 0 Å². The first-order valence-electron chi connectivity index (χ1n) is 11.2. The Labute approximate surface area is 204 Å². The lowest BCUT2D eigenvalue weighted by atomic mass is 10.0. The molecule has 1 fully saturated rings. The SMILES string of the molecule is CCOc1ccc(C(C)NC(=NC)NCCCOCC2CCOCC2)cc1OCC.I. The Morgan fingerprint density at radius 3 is 2.55 bits per heavy atom. The van der Waals surface area contributed by atoms with Crippen LogP contribution in [-0.2, 0) is 9.47 Å². The number of hydrogen-bond acceptors (Lipinski definition) is 5. The van der Waals surface area contributed by atoms with E-state index in [1.807, 2.05) is 26.0 Å². The van der Waals surface area contributed by atoms with E-state index in [1.165, 1.54) is 0 Å². The molecule has 0 aliphatic carbocycles. The molecular weight excluding hydrogens is 509 g/mol. The van der Waals surface area contributed by atoms with Crippen molar-refractivity contribution >= 4 is 29.9 Å². The van der Waals surface area contributed by atoms with E-state index in [9.17, 15) is 0 Å². The molecule has 0 radical (unpaired) electrons. The predicted octanol–water partition coefficient (Wildman–Crippen LogP) is 4.16. The van der Waals surface area contributed by atoms with Crippen LogP contribution in [0, 0.1) is 5.92 Å². The molecule has 0 spiro atoms. The van der Waals surface area contributed by atoms with Gasteiger partial charge in [-0.3, -0.25) is 4.99 Å². The number of nitrogens with one attached hydrogen (secondary N) is 2. The quantitative estimate of drug-likeness (QED) is 0.177. The van der Waals surface area contributed by atoms with Crippen molar-refractivity contribution in [1.82, 2.24) is 10.6 Å². The smallest absolute Gasteiger partial charge is 0.191 e. The summed E-state index contributed by atoms with van der Waals surface area (Å²) in [6, 6.07) is 6.14. The van der Waals surface area contributed by atoms with Crippen molar-refractivity contribution in [2.24, 2.45) is 10.9 Å². The summed E-state index contributed by atoms with van der Waals surface area (Å²) in [5, 5.41) is 6.80. The molecule has 1 heterocycles. The van der Waals surface area contributed by atoms with E-state index in [0.717, 1.165) is 75.3 Å². The summed E-state index contributed by atoms with van der Waals surface area (Å²) in [4.78, 5) is 4.33. The zero-order chi connectivity index (χ0) is 21.6. The molecule has 1 saturated heterocycles. The molecule has 0 amide bonds. The van der Waals surface area contributed by atoms with Crippen molar-refractivity contribution < 1.29 is 18.9 Å². The summed E-state index contributed by atoms with van der Waals surface area (Å²) >= 11 is 0. The summed E-state index contributed by atoms with van der Waals surface area (Å²) in [6.07, 6.45) is 3.17. The number of benzene rings is 1. The lowest BCUT2D eigenvalue weighted by molar-refractivity contribution is 0.0203. The highest BCUT2D eigenvalue weighted by atomic mass is 127. The minimum atomic E-state index is 0. The molecule has 0 bridgehead atoms. The van der Waals surface area contributed by atoms with E-state index >= 15 is 0 Å². The second-order valence-electron chi connectivity index (χ2n) is 7.42. The second-order valence-corrected chi connectivity index (χ2v) is 7.42. The Balaban J connectivity index is 0.00000480. The third kappa shape index (κ3) is 10.3. The van der Waals surface area contributed by atoms with Gasteiger partial charge in [-0.15, -0.1) is 24.0 Å². The van der Waals surface area contributed by atoms with Gasteiger partial charge in [0.15, 0.2) is 17.5 Å². The fraction of sp³-hybridized carbons (Fsp3) is 0.696. The monoisotopic (exact) mass is 549 g/mol. The zero-order valence-corrected chi connectivity index (χ0v) is 21.8. The first-order chi connectivity index (χ1) is 14.7. The number of hydrogen-bond donors (Lipinski definition) is 2. The molecule has 1 aromatic carbocycles. The topological polar surface area (TPSA) is 73.3 Å². The van der Waals surface area contributed by atoms with Crippen molar-refractivity contribution in [3.63, 3.8) is 0 Å². The second kappa shape index (κ2) is 16.4. The van der Waals surface area contributed by atoms with Gasteiger partial charge in [0.05, 0.1) is 19.3 Å². The zero-order valence-electron chi connectivity index (χ0n) is 19.4. The van der Waals surface area contributed by atoms with Crippen molar-refractivity contribution in [2.45, 2.75) is 46.1 Å². The lowest BCUT2D eigenvalue weighted by Gasteiger charge is -2.22. The van der Waals surface area contributed by atoms with Crippen LogP contribution >= 0.6 is 24.0 Å². The third-order valence-corrected chi connectivity index (χ3v) is 5.10. The van der Waals surface area contributed by atoms with Gasteiger partial charge in [-0.1, -0.05) is 6.07 Å². The van der Waals surface area contributed by atoms with Gasteiger partial charge >= 0.3 is 0 Å². The molecule has 1 unspecified atom stereocenters. The maximum Gasteiger partial charge on any atom is 0.191 e. The van der Waals surface area contributed by atoms with E-state index in [4.69, 9.17) is 18.9 Å². The van der Waals surface area contributed by atoms with E-state index in [-0.39, 0.29) is 30.0 Å². The Morgan fingerprint density at radius 1 is 1.16 bits per heavy atom. The molecule has 1 aliphatic heterocycles. The van der Waals surface area contributed by atoms with Gasteiger partial charge in [-0.25, -0.2) is 0 Å². The van der Waals surface area contributed by atoms with Crippen LogP contribution in [-0.4, -0.2) is 59.2 Å². The number of rotatable bonds is 12. The molecule has 2 rings (SSSR count). The van der Waals surface area contributed by atoms with Gasteiger partial charge in [0.25, 0.3) is 0 Å². The summed E-state index contributed by atoms with van der Waals surface area (Å²) in [5.74, 6) is 2.98. The number of guanidine groups is 1. The fourth-order valence-corrected chi connectivity index (χ4v) is 3.36. The molecule has 0 aromatic heterocycles. The van der Waals surface area contributed by atoms with Gasteiger partial charge in [0.1, 0.15) is 0 Å². The van der Waals surface area contributed by atoms with E-state index in [2.05, 4.69) is 28.6 Å². The summed E-state index contributed by atoms with van der Waals surface area (Å²) in [5.41, 5.74) is 1.12. The minimum absolute atomic E-state index is 0. The van der Waals surface area contributed by atoms with E-state index in [1.54, 1.807) is 7.05 Å². The molecule has 0 saturated carbocycles. The molecule has 1 atom stereocenters. The van der Waals surface area contributed by atoms with Crippen LogP contribution in [0.5, 0.6) is 11.5 Å². The summed E-state index contributed by atoms with van der Waals surface area (Å²) in [7, 11) is 1.79. The lowest BCUT2D eigenvalue weighted by Crippen LogP contribution is -2.39. The molecule has 31 heavy (non-hydrogen) atoms. The van der Waals surface area contributed by atoms with Crippen molar-refractivity contribution in [3.8, 4) is 11.5 Å². The van der Waals surface area contributed by atoms with Gasteiger partial charge in [-0.2, -0.15) is 0 Å². The first kappa shape index (κ1) is 27.8. The van der Waals surface area contributed by atoms with E-state index < -0.39 is 0 Å². The number of aliphatic imine (C=N–C) groups is 1. The highest BCUT2D eigenvalue weighted by Crippen LogP contribution is 2.30. The highest BCUT2D eigenvalue weighted by Gasteiger charge is 2.14. The van der Waals surface area contributed by atoms with Crippen molar-refractivity contribution in [3.05, 3.63) is 23.8 Å². The summed E-state index contributed by atoms with van der Waals surface area (Å²) < 4.78 is 22.6. The molecule has 1 aromatic rings. The number of nitrogens with zero attached hydrogens (tertiary/aromatic N) is 1. The molecule has 8 heteroatoms. The largest absolute Gasteiger partial charge is 0.490 e. The van der Waals surface area contributed by atoms with E-state index in [0.29, 0.717) is 19.1 Å². The Hall–Kier alpha value is -1.26. The van der Waals surface area contributed by atoms with Crippen LogP contribution in [0.3, 0.4) is 0 Å². The standard InChI is InChI=1S/C23H39N3O4.HI/c1-5-29-21-9-8-20(16-22(21)30-6-2)18(3)26-23(24-4)25-12-7-13-28-17-19-10-14-27-15-11-19;/h8-9,16,18-19H,5-7,10-15,17H2,1-4H3,(H2,24,25,26);1H. The van der Waals surface area contributed by atoms with Crippen LogP contribution in [0.1, 0.15) is 51.6 Å². The Bertz CT molecular complexity index is 639. The molecule has 7 nitrogen and oxygen atoms in total. The normalized spacial score (nSPS) is 15.7. The molecule has 2 N–H and O–H groups in total. The van der Waals surface area contributed by atoms with Crippen molar-refractivity contribution in [2.75, 3.05) is 53.2 Å². The minimum Gasteiger partial charge on any atom is -0.490 e. The average Bonchev–Trinajstić information content (AvgIpc) is 2.77. The Morgan fingerprint density at radius 2 is 1.87 bits per heavy atom. The van der Waals surface area contributed by atoms with Crippen LogP contribution in [0.4, 0.5) is 0 Å². The van der Waals surface area contributed by atoms with Crippen LogP contribution in [0.15, 0.2) is 23.2 Å². The van der Waals surface area contributed by atoms with Gasteiger partial charge < -0.3 is 29.6 Å². The van der Waals surface area contributed by atoms with Gasteiger partial charge in [-0.05, 0) is 63.6 Å². The highest BCUT2D eigenvalue weighted by molar-refractivity contribution is 14.0. The van der Waals surface area contributed by atoms with Crippen LogP contribution in [0.25, 0.3) is 0 Å². The van der Waals surface area contributed by atoms with Crippen molar-refractivity contribution in [1.29, 1.82) is 0 Å². The van der Waals surface area contributed by atoms with Gasteiger partial charge in [0, 0.05) is 40.0 Å². The fourth-order valence-electron chi connectivity index (χ4n) is 3.36.